The molecule has 0 fully saturated rings. The van der Waals surface area contributed by atoms with Crippen LogP contribution in [0.3, 0.4) is 0 Å². The third kappa shape index (κ3) is 3.26. The van der Waals surface area contributed by atoms with Gasteiger partial charge in [0, 0.05) is 34.3 Å². The molecule has 4 heteroatoms. The van der Waals surface area contributed by atoms with Crippen molar-refractivity contribution in [3.05, 3.63) is 52.8 Å². The second-order valence-electron chi connectivity index (χ2n) is 6.66. The molecule has 0 aliphatic heterocycles. The molecule has 0 atom stereocenters. The van der Waals surface area contributed by atoms with Crippen molar-refractivity contribution in [2.24, 2.45) is 0 Å². The van der Waals surface area contributed by atoms with Crippen molar-refractivity contribution >= 4 is 16.5 Å². The third-order valence-corrected chi connectivity index (χ3v) is 4.82. The molecule has 0 N–H and O–H groups in total. The fraction of sp³-hybridized carbons (Fsp3) is 0.429. The maximum absolute atomic E-state index is 5.85. The summed E-state index contributed by atoms with van der Waals surface area (Å²) in [4.78, 5) is 0. The summed E-state index contributed by atoms with van der Waals surface area (Å²) in [6.07, 6.45) is 11.6. The van der Waals surface area contributed by atoms with E-state index in [0.717, 1.165) is 43.0 Å². The summed E-state index contributed by atoms with van der Waals surface area (Å²) in [5.74, 6) is 0.936. The first-order valence-corrected chi connectivity index (χ1v) is 9.06. The van der Waals surface area contributed by atoms with Crippen LogP contribution in [-0.2, 0) is 4.74 Å². The first kappa shape index (κ1) is 17.5. The van der Waals surface area contributed by atoms with Gasteiger partial charge in [0.25, 0.3) is 0 Å². The molecule has 132 valence electrons. The Morgan fingerprint density at radius 1 is 1.00 bits per heavy atom. The van der Waals surface area contributed by atoms with Crippen molar-refractivity contribution in [3.63, 3.8) is 0 Å². The van der Waals surface area contributed by atoms with Gasteiger partial charge in [0.15, 0.2) is 0 Å². The van der Waals surface area contributed by atoms with E-state index in [2.05, 4.69) is 59.8 Å². The van der Waals surface area contributed by atoms with Gasteiger partial charge >= 0.3 is 0 Å². The number of aromatic nitrogens is 3. The van der Waals surface area contributed by atoms with Gasteiger partial charge in [0.05, 0.1) is 18.0 Å². The molecule has 0 spiro atoms. The van der Waals surface area contributed by atoms with Crippen LogP contribution in [0.2, 0.25) is 0 Å². The van der Waals surface area contributed by atoms with Crippen LogP contribution in [0.4, 0.5) is 0 Å². The lowest BCUT2D eigenvalue weighted by Crippen LogP contribution is -2.00. The minimum Gasteiger partial charge on any atom is -0.494 e. The van der Waals surface area contributed by atoms with Crippen LogP contribution < -0.4 is 0 Å². The molecule has 0 saturated carbocycles. The summed E-state index contributed by atoms with van der Waals surface area (Å²) < 4.78 is 8.18. The summed E-state index contributed by atoms with van der Waals surface area (Å²) in [6.45, 7) is 11.4. The molecule has 3 rings (SSSR count). The van der Waals surface area contributed by atoms with E-state index in [1.165, 1.54) is 27.9 Å². The minimum atomic E-state index is 0.775. The zero-order valence-electron chi connectivity index (χ0n) is 15.9. The maximum atomic E-state index is 5.85. The smallest absolute Gasteiger partial charge is 0.119 e. The molecular formula is C21H27N3O. The molecule has 0 amide bonds. The Morgan fingerprint density at radius 2 is 1.64 bits per heavy atom. The van der Waals surface area contributed by atoms with Crippen LogP contribution >= 0.6 is 0 Å². The number of nitrogens with zero attached hydrogens (tertiary/aromatic N) is 3. The lowest BCUT2D eigenvalue weighted by molar-refractivity contribution is 0.219. The zero-order chi connectivity index (χ0) is 18.0. The van der Waals surface area contributed by atoms with Gasteiger partial charge in [-0.15, -0.1) is 0 Å². The monoisotopic (exact) mass is 337 g/mol. The first-order valence-electron chi connectivity index (χ1n) is 9.06. The van der Waals surface area contributed by atoms with E-state index in [-0.39, 0.29) is 0 Å². The Labute approximate surface area is 149 Å². The van der Waals surface area contributed by atoms with E-state index in [0.29, 0.717) is 0 Å². The number of rotatable bonds is 5. The summed E-state index contributed by atoms with van der Waals surface area (Å²) in [5.41, 5.74) is 5.68. The summed E-state index contributed by atoms with van der Waals surface area (Å²) in [7, 11) is 0. The number of hydrogen-bond acceptors (Lipinski definition) is 3. The van der Waals surface area contributed by atoms with Crippen LogP contribution in [-0.4, -0.2) is 21.4 Å². The molecule has 2 aromatic rings. The molecule has 0 saturated heterocycles. The van der Waals surface area contributed by atoms with Gasteiger partial charge < -0.3 is 9.30 Å². The minimum absolute atomic E-state index is 0.775. The van der Waals surface area contributed by atoms with Crippen LogP contribution in [0, 0.1) is 27.7 Å². The van der Waals surface area contributed by atoms with Gasteiger partial charge in [0.1, 0.15) is 5.76 Å². The first-order chi connectivity index (χ1) is 12.0. The van der Waals surface area contributed by atoms with E-state index in [4.69, 9.17) is 4.74 Å². The fourth-order valence-electron chi connectivity index (χ4n) is 3.60. The lowest BCUT2D eigenvalue weighted by atomic mass is 10.1. The Hall–Kier alpha value is -2.36. The topological polar surface area (TPSA) is 39.9 Å². The van der Waals surface area contributed by atoms with Crippen molar-refractivity contribution < 1.29 is 4.74 Å². The van der Waals surface area contributed by atoms with Gasteiger partial charge in [-0.25, -0.2) is 0 Å². The lowest BCUT2D eigenvalue weighted by Gasteiger charge is -2.11. The zero-order valence-corrected chi connectivity index (χ0v) is 15.9. The SMILES string of the molecule is CCCCOC1=CC=C(n2c(C)c3c(C)nnc(C)c3c2C)CC=C1. The Morgan fingerprint density at radius 3 is 2.24 bits per heavy atom. The molecule has 0 bridgehead atoms. The van der Waals surface area contributed by atoms with E-state index in [1.54, 1.807) is 0 Å². The second-order valence-corrected chi connectivity index (χ2v) is 6.66. The van der Waals surface area contributed by atoms with Gasteiger partial charge in [-0.3, -0.25) is 0 Å². The van der Waals surface area contributed by atoms with Crippen molar-refractivity contribution in [2.45, 2.75) is 53.9 Å². The van der Waals surface area contributed by atoms with Crippen molar-refractivity contribution in [1.82, 2.24) is 14.8 Å². The van der Waals surface area contributed by atoms with E-state index < -0.39 is 0 Å². The van der Waals surface area contributed by atoms with Crippen molar-refractivity contribution in [2.75, 3.05) is 6.61 Å². The van der Waals surface area contributed by atoms with Gasteiger partial charge in [0.2, 0.25) is 0 Å². The van der Waals surface area contributed by atoms with Crippen molar-refractivity contribution in [3.8, 4) is 0 Å². The van der Waals surface area contributed by atoms with Gasteiger partial charge in [-0.1, -0.05) is 19.4 Å². The molecule has 4 nitrogen and oxygen atoms in total. The molecule has 2 aromatic heterocycles. The molecule has 0 aromatic carbocycles. The molecule has 1 aliphatic rings. The molecule has 0 unspecified atom stereocenters. The largest absolute Gasteiger partial charge is 0.494 e. The van der Waals surface area contributed by atoms with Crippen molar-refractivity contribution in [1.29, 1.82) is 0 Å². The molecule has 0 radical (unpaired) electrons. The third-order valence-electron chi connectivity index (χ3n) is 4.82. The van der Waals surface area contributed by atoms with E-state index in [9.17, 15) is 0 Å². The molecule has 25 heavy (non-hydrogen) atoms. The number of fused-ring (bicyclic) bond motifs is 1. The number of hydrogen-bond donors (Lipinski definition) is 0. The molecule has 1 aliphatic carbocycles. The molecular weight excluding hydrogens is 310 g/mol. The Kier molecular flexibility index (Phi) is 5.07. The van der Waals surface area contributed by atoms with E-state index >= 15 is 0 Å². The predicted molar refractivity (Wildman–Crippen MR) is 103 cm³/mol. The number of ether oxygens (including phenoxy) is 1. The quantitative estimate of drug-likeness (QED) is 0.707. The number of allylic oxidation sites excluding steroid dienone is 5. The highest BCUT2D eigenvalue weighted by Gasteiger charge is 2.18. The molecule has 2 heterocycles. The number of aryl methyl sites for hydroxylation is 4. The standard InChI is InChI=1S/C21H27N3O/c1-6-7-13-25-19-10-8-9-18(11-12-19)24-16(4)20-14(2)22-23-15(3)21(20)17(24)5/h8,10-12H,6-7,9,13H2,1-5H3. The highest BCUT2D eigenvalue weighted by atomic mass is 16.5. The fourth-order valence-corrected chi connectivity index (χ4v) is 3.60. The second kappa shape index (κ2) is 7.26. The highest BCUT2D eigenvalue weighted by molar-refractivity contribution is 5.93. The van der Waals surface area contributed by atoms with E-state index in [1.807, 2.05) is 13.8 Å². The van der Waals surface area contributed by atoms with Crippen LogP contribution in [0.15, 0.2) is 30.1 Å². The normalized spacial score (nSPS) is 14.4. The van der Waals surface area contributed by atoms with Gasteiger partial charge in [-0.05, 0) is 52.3 Å². The van der Waals surface area contributed by atoms with Crippen LogP contribution in [0.5, 0.6) is 0 Å². The predicted octanol–water partition coefficient (Wildman–Crippen LogP) is 5.17. The summed E-state index contributed by atoms with van der Waals surface area (Å²) >= 11 is 0. The highest BCUT2D eigenvalue weighted by Crippen LogP contribution is 2.32. The van der Waals surface area contributed by atoms with Crippen LogP contribution in [0.1, 0.15) is 49.0 Å². The van der Waals surface area contributed by atoms with Gasteiger partial charge in [-0.2, -0.15) is 10.2 Å². The number of unbranched alkanes of at least 4 members (excludes halogenated alkanes) is 1. The maximum Gasteiger partial charge on any atom is 0.119 e. The van der Waals surface area contributed by atoms with Crippen LogP contribution in [0.25, 0.3) is 16.5 Å². The Bertz CT molecular complexity index is 839. The summed E-state index contributed by atoms with van der Waals surface area (Å²) in [5, 5.41) is 11.1. The average molecular weight is 337 g/mol. The Balaban J connectivity index is 2.04. The average Bonchev–Trinajstić information content (AvgIpc) is 2.74. The summed E-state index contributed by atoms with van der Waals surface area (Å²) in [6, 6.07) is 0.